The second-order valence-corrected chi connectivity index (χ2v) is 14.7. The van der Waals surface area contributed by atoms with Crippen LogP contribution in [0.4, 0.5) is 0 Å². The molecule has 2 aliphatic heterocycles. The monoisotopic (exact) mass is 744 g/mol. The molecule has 2 aliphatic rings. The van der Waals surface area contributed by atoms with E-state index in [4.69, 9.17) is 9.47 Å². The van der Waals surface area contributed by atoms with Crippen LogP contribution >= 0.6 is 31.9 Å². The molecule has 0 saturated carbocycles. The zero-order valence-corrected chi connectivity index (χ0v) is 30.5. The molecule has 0 aromatic heterocycles. The van der Waals surface area contributed by atoms with Gasteiger partial charge in [0.05, 0.1) is 8.95 Å². The Kier molecular flexibility index (Phi) is 11.6. The number of rotatable bonds is 11. The third-order valence-corrected chi connectivity index (χ3v) is 10.9. The molecule has 2 saturated heterocycles. The Balaban J connectivity index is 1.10. The minimum Gasteiger partial charge on any atom is -0.488 e. The van der Waals surface area contributed by atoms with Crippen LogP contribution in [0, 0.1) is 13.8 Å². The number of likely N-dealkylation sites (tertiary alicyclic amines) is 2. The van der Waals surface area contributed by atoms with Crippen LogP contribution in [0.1, 0.15) is 71.9 Å². The fourth-order valence-electron chi connectivity index (χ4n) is 6.85. The molecule has 4 aromatic carbocycles. The van der Waals surface area contributed by atoms with Crippen LogP contribution in [-0.4, -0.2) is 36.0 Å². The predicted molar refractivity (Wildman–Crippen MR) is 197 cm³/mol. The van der Waals surface area contributed by atoms with Crippen LogP contribution in [0.2, 0.25) is 0 Å². The Morgan fingerprint density at radius 2 is 0.957 bits per heavy atom. The second kappa shape index (κ2) is 16.0. The van der Waals surface area contributed by atoms with Crippen LogP contribution in [0.3, 0.4) is 0 Å². The molecule has 2 fully saturated rings. The van der Waals surface area contributed by atoms with Gasteiger partial charge in [-0.25, -0.2) is 0 Å². The molecule has 242 valence electrons. The fraction of sp³-hybridized carbons (Fsp3) is 0.400. The molecule has 6 heteroatoms. The van der Waals surface area contributed by atoms with Gasteiger partial charge in [-0.2, -0.15) is 0 Å². The first-order valence-electron chi connectivity index (χ1n) is 16.9. The molecule has 2 heterocycles. The van der Waals surface area contributed by atoms with E-state index in [2.05, 4.69) is 128 Å². The summed E-state index contributed by atoms with van der Waals surface area (Å²) in [6, 6.07) is 26.1. The van der Waals surface area contributed by atoms with Gasteiger partial charge in [0, 0.05) is 13.1 Å². The first-order valence-corrected chi connectivity index (χ1v) is 18.5. The number of halogens is 2. The summed E-state index contributed by atoms with van der Waals surface area (Å²) in [5.74, 6) is 1.77. The Bertz CT molecular complexity index is 1510. The lowest BCUT2D eigenvalue weighted by molar-refractivity contribution is 0.220. The Morgan fingerprint density at radius 1 is 0.543 bits per heavy atom. The highest BCUT2D eigenvalue weighted by molar-refractivity contribution is 9.10. The van der Waals surface area contributed by atoms with Crippen molar-refractivity contribution in [1.82, 2.24) is 9.80 Å². The Morgan fingerprint density at radius 3 is 1.35 bits per heavy atom. The SMILES string of the molecule is Cc1c(COc2ccc(CN3CCCCC3)cc2Br)cccc1-c1cccc(COc2ccc(CN3CCCCC3)cc2Br)c1C. The molecule has 0 spiro atoms. The number of hydrogen-bond donors (Lipinski definition) is 0. The van der Waals surface area contributed by atoms with Gasteiger partial charge in [-0.15, -0.1) is 0 Å². The van der Waals surface area contributed by atoms with E-state index >= 15 is 0 Å². The van der Waals surface area contributed by atoms with Crippen LogP contribution in [-0.2, 0) is 26.3 Å². The summed E-state index contributed by atoms with van der Waals surface area (Å²) in [5, 5.41) is 0. The van der Waals surface area contributed by atoms with Gasteiger partial charge < -0.3 is 9.47 Å². The van der Waals surface area contributed by atoms with E-state index < -0.39 is 0 Å². The molecular formula is C40H46Br2N2O2. The van der Waals surface area contributed by atoms with Gasteiger partial charge in [0.25, 0.3) is 0 Å². The highest BCUT2D eigenvalue weighted by Crippen LogP contribution is 2.34. The number of piperidine rings is 2. The van der Waals surface area contributed by atoms with Gasteiger partial charge in [-0.3, -0.25) is 9.80 Å². The van der Waals surface area contributed by atoms with E-state index in [1.165, 1.54) is 109 Å². The summed E-state index contributed by atoms with van der Waals surface area (Å²) >= 11 is 7.54. The third kappa shape index (κ3) is 8.44. The normalized spacial score (nSPS) is 16.0. The maximum Gasteiger partial charge on any atom is 0.134 e. The zero-order valence-electron chi connectivity index (χ0n) is 27.3. The first kappa shape index (κ1) is 33.3. The van der Waals surface area contributed by atoms with Crippen molar-refractivity contribution in [3.63, 3.8) is 0 Å². The molecular weight excluding hydrogens is 700 g/mol. The van der Waals surface area contributed by atoms with Gasteiger partial charge in [0.1, 0.15) is 24.7 Å². The van der Waals surface area contributed by atoms with Crippen LogP contribution in [0.5, 0.6) is 11.5 Å². The topological polar surface area (TPSA) is 24.9 Å². The third-order valence-electron chi connectivity index (χ3n) is 9.65. The zero-order chi connectivity index (χ0) is 31.9. The maximum atomic E-state index is 6.36. The van der Waals surface area contributed by atoms with Gasteiger partial charge in [0.2, 0.25) is 0 Å². The molecule has 0 radical (unpaired) electrons. The molecule has 0 aliphatic carbocycles. The lowest BCUT2D eigenvalue weighted by Gasteiger charge is -2.26. The number of ether oxygens (including phenoxy) is 2. The number of hydrogen-bond acceptors (Lipinski definition) is 4. The van der Waals surface area contributed by atoms with Crippen molar-refractivity contribution < 1.29 is 9.47 Å². The van der Waals surface area contributed by atoms with E-state index in [1.54, 1.807) is 0 Å². The minimum atomic E-state index is 0.521. The second-order valence-electron chi connectivity index (χ2n) is 13.0. The van der Waals surface area contributed by atoms with Crippen molar-refractivity contribution in [3.8, 4) is 22.6 Å². The highest BCUT2D eigenvalue weighted by atomic mass is 79.9. The predicted octanol–water partition coefficient (Wildman–Crippen LogP) is 10.6. The molecule has 6 rings (SSSR count). The summed E-state index contributed by atoms with van der Waals surface area (Å²) in [6.45, 7) is 12.3. The van der Waals surface area contributed by atoms with Gasteiger partial charge >= 0.3 is 0 Å². The lowest BCUT2D eigenvalue weighted by Crippen LogP contribution is -2.29. The maximum absolute atomic E-state index is 6.36. The van der Waals surface area contributed by atoms with Gasteiger partial charge in [-0.1, -0.05) is 61.4 Å². The van der Waals surface area contributed by atoms with E-state index in [9.17, 15) is 0 Å². The summed E-state index contributed by atoms with van der Waals surface area (Å²) in [6.07, 6.45) is 7.96. The number of benzene rings is 4. The Hall–Kier alpha value is -2.64. The smallest absolute Gasteiger partial charge is 0.134 e. The first-order chi connectivity index (χ1) is 22.4. The molecule has 4 nitrogen and oxygen atoms in total. The molecule has 0 amide bonds. The molecule has 46 heavy (non-hydrogen) atoms. The molecule has 0 N–H and O–H groups in total. The average molecular weight is 747 g/mol. The number of nitrogens with zero attached hydrogens (tertiary/aromatic N) is 2. The molecule has 4 aromatic rings. The molecule has 0 unspecified atom stereocenters. The minimum absolute atomic E-state index is 0.521. The Labute approximate surface area is 292 Å². The quantitative estimate of drug-likeness (QED) is 0.153. The van der Waals surface area contributed by atoms with Crippen molar-refractivity contribution in [2.45, 2.75) is 78.7 Å². The van der Waals surface area contributed by atoms with Crippen molar-refractivity contribution in [2.24, 2.45) is 0 Å². The van der Waals surface area contributed by atoms with Crippen LogP contribution in [0.25, 0.3) is 11.1 Å². The van der Waals surface area contributed by atoms with Crippen LogP contribution in [0.15, 0.2) is 81.7 Å². The van der Waals surface area contributed by atoms with E-state index in [0.717, 1.165) is 33.5 Å². The van der Waals surface area contributed by atoms with Crippen molar-refractivity contribution >= 4 is 31.9 Å². The van der Waals surface area contributed by atoms with Gasteiger partial charge in [0.15, 0.2) is 0 Å². The van der Waals surface area contributed by atoms with E-state index in [0.29, 0.717) is 13.2 Å². The van der Waals surface area contributed by atoms with E-state index in [-0.39, 0.29) is 0 Å². The summed E-state index contributed by atoms with van der Waals surface area (Å²) in [4.78, 5) is 5.10. The summed E-state index contributed by atoms with van der Waals surface area (Å²) < 4.78 is 14.7. The summed E-state index contributed by atoms with van der Waals surface area (Å²) in [5.41, 5.74) is 10.0. The molecule has 0 atom stereocenters. The largest absolute Gasteiger partial charge is 0.488 e. The highest BCUT2D eigenvalue weighted by Gasteiger charge is 2.15. The van der Waals surface area contributed by atoms with Crippen LogP contribution < -0.4 is 9.47 Å². The summed E-state index contributed by atoms with van der Waals surface area (Å²) in [7, 11) is 0. The fourth-order valence-corrected chi connectivity index (χ4v) is 7.93. The van der Waals surface area contributed by atoms with Crippen molar-refractivity contribution in [3.05, 3.63) is 115 Å². The molecule has 0 bridgehead atoms. The van der Waals surface area contributed by atoms with Crippen molar-refractivity contribution in [2.75, 3.05) is 26.2 Å². The average Bonchev–Trinajstić information content (AvgIpc) is 3.06. The van der Waals surface area contributed by atoms with Gasteiger partial charge in [-0.05, 0) is 166 Å². The standard InChI is InChI=1S/C40H46Br2N2O2/c1-29-33(27-45-39-17-15-31(23-37(39)41)25-43-19-5-3-6-20-43)11-9-13-35(29)36-14-10-12-34(30(36)2)28-46-40-18-16-32(24-38(40)42)26-44-21-7-4-8-22-44/h9-18,23-24H,3-8,19-22,25-28H2,1-2H3. The van der Waals surface area contributed by atoms with Crippen molar-refractivity contribution in [1.29, 1.82) is 0 Å². The lowest BCUT2D eigenvalue weighted by atomic mass is 9.92. The van der Waals surface area contributed by atoms with E-state index in [1.807, 2.05) is 0 Å².